The number of rotatable bonds is 4. The molecule has 0 unspecified atom stereocenters. The molecule has 7 aromatic carbocycles. The molecule has 0 aliphatic heterocycles. The molecule has 2 aliphatic rings. The topological polar surface area (TPSA) is 27.0 Å². The Hall–Kier alpha value is -6.24. The first kappa shape index (κ1) is 27.1. The van der Waals surface area contributed by atoms with Gasteiger partial charge >= 0.3 is 0 Å². The number of para-hydroxylation sites is 1. The van der Waals surface area contributed by atoms with E-state index in [0.717, 1.165) is 22.6 Å². The molecule has 0 heterocycles. The summed E-state index contributed by atoms with van der Waals surface area (Å²) in [4.78, 5) is 2.26. The molecular formula is C44H27FN2. The van der Waals surface area contributed by atoms with Crippen molar-refractivity contribution in [1.82, 2.24) is 0 Å². The molecule has 9 rings (SSSR count). The number of hydrogen-bond donors (Lipinski definition) is 0. The third-order valence-electron chi connectivity index (χ3n) is 9.72. The second kappa shape index (κ2) is 10.4. The van der Waals surface area contributed by atoms with Crippen LogP contribution in [0.5, 0.6) is 0 Å². The fourth-order valence-electron chi connectivity index (χ4n) is 7.89. The number of benzene rings is 7. The fourth-order valence-corrected chi connectivity index (χ4v) is 7.89. The Labute approximate surface area is 273 Å². The zero-order valence-corrected chi connectivity index (χ0v) is 25.4. The highest BCUT2D eigenvalue weighted by Gasteiger charge is 2.51. The van der Waals surface area contributed by atoms with E-state index >= 15 is 0 Å². The van der Waals surface area contributed by atoms with Gasteiger partial charge in [0.15, 0.2) is 0 Å². The van der Waals surface area contributed by atoms with Gasteiger partial charge in [0.1, 0.15) is 5.82 Å². The monoisotopic (exact) mass is 602 g/mol. The minimum absolute atomic E-state index is 0.297. The molecule has 47 heavy (non-hydrogen) atoms. The Morgan fingerprint density at radius 2 is 1.00 bits per heavy atom. The van der Waals surface area contributed by atoms with Gasteiger partial charge in [0.2, 0.25) is 0 Å². The van der Waals surface area contributed by atoms with Crippen LogP contribution in [0.15, 0.2) is 164 Å². The molecule has 2 aliphatic carbocycles. The van der Waals surface area contributed by atoms with Crippen molar-refractivity contribution in [2.75, 3.05) is 4.90 Å². The molecule has 7 aromatic rings. The van der Waals surface area contributed by atoms with Gasteiger partial charge < -0.3 is 4.90 Å². The maximum atomic E-state index is 14.5. The molecule has 3 heteroatoms. The van der Waals surface area contributed by atoms with Gasteiger partial charge in [-0.3, -0.25) is 0 Å². The second-order valence-electron chi connectivity index (χ2n) is 12.2. The molecular weight excluding hydrogens is 575 g/mol. The van der Waals surface area contributed by atoms with E-state index in [9.17, 15) is 9.65 Å². The maximum Gasteiger partial charge on any atom is 0.125 e. The predicted molar refractivity (Wildman–Crippen MR) is 188 cm³/mol. The first-order valence-electron chi connectivity index (χ1n) is 15.8. The van der Waals surface area contributed by atoms with E-state index in [0.29, 0.717) is 11.1 Å². The quantitative estimate of drug-likeness (QED) is 0.200. The molecule has 1 spiro atoms. The van der Waals surface area contributed by atoms with Crippen molar-refractivity contribution in [1.29, 1.82) is 5.26 Å². The van der Waals surface area contributed by atoms with E-state index < -0.39 is 11.2 Å². The van der Waals surface area contributed by atoms with Crippen molar-refractivity contribution in [2.24, 2.45) is 0 Å². The van der Waals surface area contributed by atoms with Gasteiger partial charge in [-0.1, -0.05) is 109 Å². The van der Waals surface area contributed by atoms with Crippen LogP contribution in [0, 0.1) is 17.1 Å². The van der Waals surface area contributed by atoms with Crippen LogP contribution in [0.3, 0.4) is 0 Å². The Bertz CT molecular complexity index is 2340. The van der Waals surface area contributed by atoms with Crippen LogP contribution < -0.4 is 4.90 Å². The average Bonchev–Trinajstić information content (AvgIpc) is 3.59. The highest BCUT2D eigenvalue weighted by Crippen LogP contribution is 2.63. The van der Waals surface area contributed by atoms with Crippen molar-refractivity contribution in [3.63, 3.8) is 0 Å². The van der Waals surface area contributed by atoms with Crippen LogP contribution >= 0.6 is 0 Å². The third-order valence-corrected chi connectivity index (χ3v) is 9.72. The van der Waals surface area contributed by atoms with Gasteiger partial charge in [-0.25, -0.2) is 4.39 Å². The molecule has 0 saturated heterocycles. The Balaban J connectivity index is 1.29. The van der Waals surface area contributed by atoms with Crippen LogP contribution in [0.2, 0.25) is 0 Å². The standard InChI is InChI=1S/C44H27FN2/c45-32-24-29(28-46)23-31(25-32)30-11-10-14-34(26-30)47(33-12-2-1-3-13-33)35-21-22-39-38-17-6-9-20-42(38)44(43(39)27-35)40-18-7-4-15-36(40)37-16-5-8-19-41(37)44/h1-27H. The van der Waals surface area contributed by atoms with Crippen molar-refractivity contribution in [3.05, 3.63) is 197 Å². The van der Waals surface area contributed by atoms with Crippen LogP contribution in [0.25, 0.3) is 33.4 Å². The smallest absolute Gasteiger partial charge is 0.125 e. The Morgan fingerprint density at radius 1 is 0.447 bits per heavy atom. The summed E-state index contributed by atoms with van der Waals surface area (Å²) >= 11 is 0. The van der Waals surface area contributed by atoms with Gasteiger partial charge in [-0.05, 0) is 110 Å². The summed E-state index contributed by atoms with van der Waals surface area (Å²) in [5.41, 5.74) is 14.5. The molecule has 0 atom stereocenters. The van der Waals surface area contributed by atoms with Crippen molar-refractivity contribution >= 4 is 17.1 Å². The minimum atomic E-state index is -0.450. The lowest BCUT2D eigenvalue weighted by molar-refractivity contribution is 0.628. The summed E-state index contributed by atoms with van der Waals surface area (Å²) in [6.07, 6.45) is 0. The highest BCUT2D eigenvalue weighted by molar-refractivity contribution is 5.96. The molecule has 0 radical (unpaired) electrons. The van der Waals surface area contributed by atoms with Crippen molar-refractivity contribution in [3.8, 4) is 39.4 Å². The molecule has 2 nitrogen and oxygen atoms in total. The van der Waals surface area contributed by atoms with Crippen LogP contribution in [0.4, 0.5) is 21.5 Å². The number of halogens is 1. The lowest BCUT2D eigenvalue weighted by Gasteiger charge is -2.32. The van der Waals surface area contributed by atoms with E-state index in [4.69, 9.17) is 0 Å². The van der Waals surface area contributed by atoms with E-state index in [2.05, 4.69) is 126 Å². The number of hydrogen-bond acceptors (Lipinski definition) is 2. The van der Waals surface area contributed by atoms with Gasteiger partial charge in [-0.15, -0.1) is 0 Å². The second-order valence-corrected chi connectivity index (χ2v) is 12.2. The number of fused-ring (bicyclic) bond motifs is 10. The maximum absolute atomic E-state index is 14.5. The lowest BCUT2D eigenvalue weighted by Crippen LogP contribution is -2.26. The van der Waals surface area contributed by atoms with E-state index in [1.165, 1.54) is 56.6 Å². The number of nitriles is 1. The minimum Gasteiger partial charge on any atom is -0.310 e. The van der Waals surface area contributed by atoms with E-state index in [-0.39, 0.29) is 0 Å². The van der Waals surface area contributed by atoms with Crippen LogP contribution in [-0.4, -0.2) is 0 Å². The van der Waals surface area contributed by atoms with Gasteiger partial charge in [0, 0.05) is 17.1 Å². The van der Waals surface area contributed by atoms with Crippen molar-refractivity contribution in [2.45, 2.75) is 5.41 Å². The molecule has 220 valence electrons. The average molecular weight is 603 g/mol. The zero-order valence-electron chi connectivity index (χ0n) is 25.4. The van der Waals surface area contributed by atoms with E-state index in [1.54, 1.807) is 6.07 Å². The van der Waals surface area contributed by atoms with Gasteiger partial charge in [-0.2, -0.15) is 5.26 Å². The van der Waals surface area contributed by atoms with Gasteiger partial charge in [0.05, 0.1) is 17.0 Å². The molecule has 0 saturated carbocycles. The zero-order chi connectivity index (χ0) is 31.5. The highest BCUT2D eigenvalue weighted by atomic mass is 19.1. The number of anilines is 3. The molecule has 0 N–H and O–H groups in total. The first-order chi connectivity index (χ1) is 23.2. The summed E-state index contributed by atoms with van der Waals surface area (Å²) in [5.74, 6) is -0.426. The lowest BCUT2D eigenvalue weighted by atomic mass is 9.70. The fraction of sp³-hybridized carbons (Fsp3) is 0.0227. The SMILES string of the molecule is N#Cc1cc(F)cc(-c2cccc(N(c3ccccc3)c3ccc4c(c3)C3(c5ccccc5-c5ccccc53)c3ccccc3-4)c2)c1. The van der Waals surface area contributed by atoms with E-state index in [1.807, 2.05) is 30.3 Å². The third kappa shape index (κ3) is 3.95. The molecule has 0 aromatic heterocycles. The summed E-state index contributed by atoms with van der Waals surface area (Å²) in [6.45, 7) is 0. The first-order valence-corrected chi connectivity index (χ1v) is 15.8. The van der Waals surface area contributed by atoms with Gasteiger partial charge in [0.25, 0.3) is 0 Å². The van der Waals surface area contributed by atoms with Crippen molar-refractivity contribution < 1.29 is 4.39 Å². The Morgan fingerprint density at radius 3 is 1.64 bits per heavy atom. The summed E-state index contributed by atoms with van der Waals surface area (Å²) in [6, 6.07) is 58.4. The predicted octanol–water partition coefficient (Wildman–Crippen LogP) is 11.2. The normalized spacial score (nSPS) is 12.9. The van der Waals surface area contributed by atoms with Crippen LogP contribution in [-0.2, 0) is 5.41 Å². The summed E-state index contributed by atoms with van der Waals surface area (Å²) < 4.78 is 14.5. The summed E-state index contributed by atoms with van der Waals surface area (Å²) in [7, 11) is 0. The van der Waals surface area contributed by atoms with Crippen LogP contribution in [0.1, 0.15) is 27.8 Å². The summed E-state index contributed by atoms with van der Waals surface area (Å²) in [5, 5.41) is 9.50. The molecule has 0 fully saturated rings. The molecule has 0 amide bonds. The largest absolute Gasteiger partial charge is 0.310 e. The Kier molecular flexibility index (Phi) is 6.00. The molecule has 0 bridgehead atoms. The number of nitrogens with zero attached hydrogens (tertiary/aromatic N) is 2.